The van der Waals surface area contributed by atoms with E-state index in [0.29, 0.717) is 23.8 Å². The van der Waals surface area contributed by atoms with Gasteiger partial charge in [0.15, 0.2) is 11.7 Å². The Kier molecular flexibility index (Phi) is 4.94. The highest BCUT2D eigenvalue weighted by Gasteiger charge is 2.17. The van der Waals surface area contributed by atoms with Crippen LogP contribution in [0.25, 0.3) is 22.6 Å². The second-order valence-electron chi connectivity index (χ2n) is 6.68. The number of aryl methyl sites for hydroxylation is 1. The summed E-state index contributed by atoms with van der Waals surface area (Å²) >= 11 is 0. The van der Waals surface area contributed by atoms with E-state index in [1.807, 2.05) is 55.5 Å². The van der Waals surface area contributed by atoms with Crippen molar-refractivity contribution in [3.63, 3.8) is 0 Å². The van der Waals surface area contributed by atoms with E-state index in [1.165, 1.54) is 17.7 Å². The van der Waals surface area contributed by atoms with Crippen LogP contribution in [0.5, 0.6) is 5.75 Å². The lowest BCUT2D eigenvalue weighted by Gasteiger charge is -2.02. The van der Waals surface area contributed by atoms with Crippen LogP contribution in [0.4, 0.5) is 4.39 Å². The summed E-state index contributed by atoms with van der Waals surface area (Å²) in [6.45, 7) is 2.04. The van der Waals surface area contributed by atoms with Crippen LogP contribution in [-0.4, -0.2) is 12.1 Å². The lowest BCUT2D eigenvalue weighted by molar-refractivity contribution is 0.414. The minimum absolute atomic E-state index is 0.275. The number of hydrogen-bond acceptors (Lipinski definition) is 3. The van der Waals surface area contributed by atoms with Crippen molar-refractivity contribution in [3.05, 3.63) is 95.6 Å². The van der Waals surface area contributed by atoms with Gasteiger partial charge >= 0.3 is 0 Å². The first-order valence-electron chi connectivity index (χ1n) is 9.08. The first-order valence-corrected chi connectivity index (χ1v) is 9.08. The SMILES string of the molecule is COc1ccc(Cc2nc(-c3ccc(F)cc3)c(-c3ccc(C)cc3)o2)cc1. The number of halogens is 1. The zero-order chi connectivity index (χ0) is 19.5. The molecule has 4 rings (SSSR count). The van der Waals surface area contributed by atoms with Gasteiger partial charge in [-0.2, -0.15) is 0 Å². The second-order valence-corrected chi connectivity index (χ2v) is 6.68. The molecule has 1 heterocycles. The Morgan fingerprint density at radius 1 is 0.857 bits per heavy atom. The highest BCUT2D eigenvalue weighted by Crippen LogP contribution is 2.33. The molecule has 0 saturated carbocycles. The molecule has 0 amide bonds. The topological polar surface area (TPSA) is 35.3 Å². The summed E-state index contributed by atoms with van der Waals surface area (Å²) in [5, 5.41) is 0. The van der Waals surface area contributed by atoms with Crippen molar-refractivity contribution in [1.82, 2.24) is 4.98 Å². The maximum Gasteiger partial charge on any atom is 0.199 e. The van der Waals surface area contributed by atoms with E-state index in [2.05, 4.69) is 0 Å². The Morgan fingerprint density at radius 3 is 2.14 bits per heavy atom. The molecule has 1 aromatic heterocycles. The third-order valence-electron chi connectivity index (χ3n) is 4.62. The highest BCUT2D eigenvalue weighted by atomic mass is 19.1. The van der Waals surface area contributed by atoms with Crippen LogP contribution < -0.4 is 4.74 Å². The molecule has 0 fully saturated rings. The van der Waals surface area contributed by atoms with Gasteiger partial charge in [-0.1, -0.05) is 42.0 Å². The van der Waals surface area contributed by atoms with E-state index in [-0.39, 0.29) is 5.82 Å². The average Bonchev–Trinajstić information content (AvgIpc) is 3.13. The van der Waals surface area contributed by atoms with Crippen molar-refractivity contribution in [1.29, 1.82) is 0 Å². The van der Waals surface area contributed by atoms with Crippen LogP contribution in [0.1, 0.15) is 17.0 Å². The number of ether oxygens (including phenoxy) is 1. The van der Waals surface area contributed by atoms with Crippen molar-refractivity contribution in [2.75, 3.05) is 7.11 Å². The van der Waals surface area contributed by atoms with Gasteiger partial charge < -0.3 is 9.15 Å². The summed E-state index contributed by atoms with van der Waals surface area (Å²) in [4.78, 5) is 4.73. The van der Waals surface area contributed by atoms with Gasteiger partial charge in [-0.15, -0.1) is 0 Å². The number of rotatable bonds is 5. The van der Waals surface area contributed by atoms with Gasteiger partial charge in [0, 0.05) is 17.5 Å². The monoisotopic (exact) mass is 373 g/mol. The largest absolute Gasteiger partial charge is 0.497 e. The van der Waals surface area contributed by atoms with Gasteiger partial charge in [0.2, 0.25) is 0 Å². The van der Waals surface area contributed by atoms with Crippen LogP contribution in [-0.2, 0) is 6.42 Å². The van der Waals surface area contributed by atoms with Gasteiger partial charge in [0.05, 0.1) is 7.11 Å². The van der Waals surface area contributed by atoms with E-state index >= 15 is 0 Å². The quantitative estimate of drug-likeness (QED) is 0.427. The Hall–Kier alpha value is -3.40. The van der Waals surface area contributed by atoms with Gasteiger partial charge in [0.1, 0.15) is 17.3 Å². The molecule has 140 valence electrons. The van der Waals surface area contributed by atoms with E-state index < -0.39 is 0 Å². The Bertz CT molecular complexity index is 1000. The molecule has 0 aliphatic carbocycles. The van der Waals surface area contributed by atoms with Crippen molar-refractivity contribution in [2.45, 2.75) is 13.3 Å². The molecule has 4 aromatic rings. The molecule has 0 radical (unpaired) electrons. The van der Waals surface area contributed by atoms with E-state index in [1.54, 1.807) is 19.2 Å². The van der Waals surface area contributed by atoms with Gasteiger partial charge in [0.25, 0.3) is 0 Å². The number of benzene rings is 3. The van der Waals surface area contributed by atoms with Gasteiger partial charge in [-0.3, -0.25) is 0 Å². The zero-order valence-electron chi connectivity index (χ0n) is 15.8. The summed E-state index contributed by atoms with van der Waals surface area (Å²) in [5.41, 5.74) is 4.72. The standard InChI is InChI=1S/C24H20FNO2/c1-16-3-7-19(8-4-16)24-23(18-9-11-20(25)12-10-18)26-22(28-24)15-17-5-13-21(27-2)14-6-17/h3-14H,15H2,1-2H3. The predicted molar refractivity (Wildman–Crippen MR) is 108 cm³/mol. The van der Waals surface area contributed by atoms with Crippen molar-refractivity contribution in [2.24, 2.45) is 0 Å². The summed E-state index contributed by atoms with van der Waals surface area (Å²) < 4.78 is 24.7. The molecular weight excluding hydrogens is 353 g/mol. The lowest BCUT2D eigenvalue weighted by Crippen LogP contribution is -1.89. The Labute approximate surface area is 163 Å². The smallest absolute Gasteiger partial charge is 0.199 e. The lowest BCUT2D eigenvalue weighted by atomic mass is 10.0. The number of hydrogen-bond donors (Lipinski definition) is 0. The van der Waals surface area contributed by atoms with Crippen LogP contribution >= 0.6 is 0 Å². The fraction of sp³-hybridized carbons (Fsp3) is 0.125. The molecule has 28 heavy (non-hydrogen) atoms. The number of oxazole rings is 1. The molecule has 0 N–H and O–H groups in total. The van der Waals surface area contributed by atoms with Crippen LogP contribution in [0.15, 0.2) is 77.2 Å². The zero-order valence-corrected chi connectivity index (χ0v) is 15.8. The molecule has 3 nitrogen and oxygen atoms in total. The second kappa shape index (κ2) is 7.69. The first-order chi connectivity index (χ1) is 13.6. The molecule has 3 aromatic carbocycles. The number of nitrogens with zero attached hydrogens (tertiary/aromatic N) is 1. The fourth-order valence-corrected chi connectivity index (χ4v) is 3.06. The molecular formula is C24H20FNO2. The van der Waals surface area contributed by atoms with Crippen LogP contribution in [0.3, 0.4) is 0 Å². The Balaban J connectivity index is 1.74. The van der Waals surface area contributed by atoms with E-state index in [0.717, 1.165) is 22.4 Å². The van der Waals surface area contributed by atoms with Gasteiger partial charge in [-0.05, 0) is 48.9 Å². The molecule has 0 saturated heterocycles. The number of aromatic nitrogens is 1. The normalized spacial score (nSPS) is 10.8. The van der Waals surface area contributed by atoms with Crippen LogP contribution in [0, 0.1) is 12.7 Å². The maximum absolute atomic E-state index is 13.4. The summed E-state index contributed by atoms with van der Waals surface area (Å²) in [6.07, 6.45) is 0.560. The van der Waals surface area contributed by atoms with Gasteiger partial charge in [-0.25, -0.2) is 9.37 Å². The van der Waals surface area contributed by atoms with E-state index in [9.17, 15) is 4.39 Å². The molecule has 0 unspecified atom stereocenters. The average molecular weight is 373 g/mol. The molecule has 0 bridgehead atoms. The highest BCUT2D eigenvalue weighted by molar-refractivity contribution is 5.77. The molecule has 0 spiro atoms. The maximum atomic E-state index is 13.4. The minimum Gasteiger partial charge on any atom is -0.497 e. The van der Waals surface area contributed by atoms with Crippen LogP contribution in [0.2, 0.25) is 0 Å². The summed E-state index contributed by atoms with van der Waals surface area (Å²) in [7, 11) is 1.64. The molecule has 0 aliphatic heterocycles. The van der Waals surface area contributed by atoms with E-state index in [4.69, 9.17) is 14.1 Å². The minimum atomic E-state index is -0.275. The summed E-state index contributed by atoms with van der Waals surface area (Å²) in [6, 6.07) is 22.2. The first kappa shape index (κ1) is 18.0. The van der Waals surface area contributed by atoms with Crippen molar-refractivity contribution in [3.8, 4) is 28.3 Å². The predicted octanol–water partition coefficient (Wildman–Crippen LogP) is 6.06. The Morgan fingerprint density at radius 2 is 1.50 bits per heavy atom. The fourth-order valence-electron chi connectivity index (χ4n) is 3.06. The van der Waals surface area contributed by atoms with Crippen molar-refractivity contribution >= 4 is 0 Å². The molecule has 4 heteroatoms. The third-order valence-corrected chi connectivity index (χ3v) is 4.62. The molecule has 0 atom stereocenters. The molecule has 0 aliphatic rings. The third kappa shape index (κ3) is 3.81. The number of methoxy groups -OCH3 is 1. The summed E-state index contributed by atoms with van der Waals surface area (Å²) in [5.74, 6) is 1.83. The van der Waals surface area contributed by atoms with Crippen molar-refractivity contribution < 1.29 is 13.5 Å².